The van der Waals surface area contributed by atoms with Crippen molar-refractivity contribution < 1.29 is 13.6 Å². The van der Waals surface area contributed by atoms with Gasteiger partial charge in [-0.3, -0.25) is 14.7 Å². The quantitative estimate of drug-likeness (QED) is 0.794. The zero-order valence-electron chi connectivity index (χ0n) is 11.9. The third-order valence-electron chi connectivity index (χ3n) is 3.03. The van der Waals surface area contributed by atoms with Gasteiger partial charge in [-0.2, -0.15) is 0 Å². The summed E-state index contributed by atoms with van der Waals surface area (Å²) < 4.78 is 26.0. The number of pyridine rings is 1. The van der Waals surface area contributed by atoms with E-state index >= 15 is 0 Å². The Morgan fingerprint density at radius 2 is 1.95 bits per heavy atom. The molecule has 2 aromatic rings. The predicted octanol–water partition coefficient (Wildman–Crippen LogP) is 2.98. The molecule has 0 amide bonds. The van der Waals surface area contributed by atoms with Crippen LogP contribution in [0.1, 0.15) is 21.7 Å². The van der Waals surface area contributed by atoms with Crippen molar-refractivity contribution in [3.05, 3.63) is 65.0 Å². The normalized spacial score (nSPS) is 10.9. The van der Waals surface area contributed by atoms with Crippen LogP contribution in [0.2, 0.25) is 0 Å². The largest absolute Gasteiger partial charge is 0.293 e. The van der Waals surface area contributed by atoms with E-state index in [1.165, 1.54) is 6.07 Å². The lowest BCUT2D eigenvalue weighted by molar-refractivity contribution is 0.0942. The van der Waals surface area contributed by atoms with Crippen LogP contribution < -0.4 is 0 Å². The molecule has 0 saturated heterocycles. The van der Waals surface area contributed by atoms with Crippen molar-refractivity contribution >= 4 is 5.78 Å². The second kappa shape index (κ2) is 6.54. The molecule has 0 aliphatic carbocycles. The molecule has 2 rings (SSSR count). The van der Waals surface area contributed by atoms with Crippen molar-refractivity contribution in [1.82, 2.24) is 9.88 Å². The number of nitrogens with zero attached hydrogens (tertiary/aromatic N) is 2. The van der Waals surface area contributed by atoms with E-state index in [1.54, 1.807) is 11.9 Å². The Hall–Kier alpha value is -2.14. The first-order valence-electron chi connectivity index (χ1n) is 6.55. The van der Waals surface area contributed by atoms with E-state index in [0.717, 1.165) is 23.5 Å². The van der Waals surface area contributed by atoms with E-state index in [9.17, 15) is 13.6 Å². The molecule has 0 N–H and O–H groups in total. The van der Waals surface area contributed by atoms with Crippen LogP contribution >= 0.6 is 0 Å². The second-order valence-corrected chi connectivity index (χ2v) is 4.99. The first kappa shape index (κ1) is 15.3. The number of halogens is 2. The Morgan fingerprint density at radius 1 is 1.19 bits per heavy atom. The van der Waals surface area contributed by atoms with Crippen LogP contribution in [0.25, 0.3) is 0 Å². The molecule has 0 radical (unpaired) electrons. The fraction of sp³-hybridized carbons (Fsp3) is 0.250. The number of aryl methyl sites for hydroxylation is 1. The van der Waals surface area contributed by atoms with Gasteiger partial charge in [-0.05, 0) is 44.3 Å². The Bertz CT molecular complexity index is 658. The Balaban J connectivity index is 2.00. The summed E-state index contributed by atoms with van der Waals surface area (Å²) in [5, 5.41) is 0. The van der Waals surface area contributed by atoms with Crippen LogP contribution in [-0.2, 0) is 6.54 Å². The minimum atomic E-state index is -1.01. The standard InChI is InChI=1S/C16H16F2N2O/c1-11-4-3-5-13(19-11)9-20(2)10-16(21)12-6-7-14(17)15(18)8-12/h3-8H,9-10H2,1-2H3. The number of carbonyl (C=O) groups is 1. The zero-order chi connectivity index (χ0) is 15.4. The van der Waals surface area contributed by atoms with Gasteiger partial charge in [0.25, 0.3) is 0 Å². The van der Waals surface area contributed by atoms with Crippen LogP contribution in [0.4, 0.5) is 8.78 Å². The van der Waals surface area contributed by atoms with E-state index in [2.05, 4.69) is 4.98 Å². The average Bonchev–Trinajstić information content (AvgIpc) is 2.41. The van der Waals surface area contributed by atoms with Gasteiger partial charge in [0.2, 0.25) is 0 Å². The molecule has 0 spiro atoms. The number of carbonyl (C=O) groups excluding carboxylic acids is 1. The summed E-state index contributed by atoms with van der Waals surface area (Å²) >= 11 is 0. The van der Waals surface area contributed by atoms with Crippen molar-refractivity contribution in [2.45, 2.75) is 13.5 Å². The number of hydrogen-bond donors (Lipinski definition) is 0. The molecule has 0 aliphatic rings. The molecular weight excluding hydrogens is 274 g/mol. The third kappa shape index (κ3) is 4.16. The highest BCUT2D eigenvalue weighted by Crippen LogP contribution is 2.10. The van der Waals surface area contributed by atoms with E-state index < -0.39 is 11.6 Å². The van der Waals surface area contributed by atoms with Crippen molar-refractivity contribution in [1.29, 1.82) is 0 Å². The summed E-state index contributed by atoms with van der Waals surface area (Å²) in [7, 11) is 1.78. The predicted molar refractivity (Wildman–Crippen MR) is 76.0 cm³/mol. The Morgan fingerprint density at radius 3 is 2.62 bits per heavy atom. The molecule has 0 atom stereocenters. The third-order valence-corrected chi connectivity index (χ3v) is 3.03. The van der Waals surface area contributed by atoms with Gasteiger partial charge in [0.05, 0.1) is 12.2 Å². The number of aromatic nitrogens is 1. The van der Waals surface area contributed by atoms with Crippen molar-refractivity contribution in [2.24, 2.45) is 0 Å². The van der Waals surface area contributed by atoms with Crippen LogP contribution in [0.15, 0.2) is 36.4 Å². The summed E-state index contributed by atoms with van der Waals surface area (Å²) in [5.41, 5.74) is 1.93. The van der Waals surface area contributed by atoms with Crippen LogP contribution in [0.3, 0.4) is 0 Å². The second-order valence-electron chi connectivity index (χ2n) is 4.99. The zero-order valence-corrected chi connectivity index (χ0v) is 11.9. The minimum Gasteiger partial charge on any atom is -0.293 e. The maximum atomic E-state index is 13.1. The molecule has 5 heteroatoms. The van der Waals surface area contributed by atoms with Gasteiger partial charge in [-0.15, -0.1) is 0 Å². The molecule has 1 aromatic carbocycles. The lowest BCUT2D eigenvalue weighted by atomic mass is 10.1. The number of ketones is 1. The molecule has 0 bridgehead atoms. The van der Waals surface area contributed by atoms with Crippen molar-refractivity contribution in [3.63, 3.8) is 0 Å². The molecule has 0 unspecified atom stereocenters. The van der Waals surface area contributed by atoms with Gasteiger partial charge in [0.1, 0.15) is 0 Å². The van der Waals surface area contributed by atoms with Crippen molar-refractivity contribution in [3.8, 4) is 0 Å². The molecule has 0 saturated carbocycles. The summed E-state index contributed by atoms with van der Waals surface area (Å²) in [6.45, 7) is 2.52. The Labute approximate surface area is 122 Å². The van der Waals surface area contributed by atoms with Crippen LogP contribution in [0.5, 0.6) is 0 Å². The molecule has 110 valence electrons. The lowest BCUT2D eigenvalue weighted by Gasteiger charge is -2.15. The van der Waals surface area contributed by atoms with E-state index in [-0.39, 0.29) is 17.9 Å². The minimum absolute atomic E-state index is 0.112. The average molecular weight is 290 g/mol. The van der Waals surface area contributed by atoms with Gasteiger partial charge in [-0.25, -0.2) is 8.78 Å². The first-order chi connectivity index (χ1) is 9.95. The molecule has 0 aliphatic heterocycles. The molecule has 0 fully saturated rings. The summed E-state index contributed by atoms with van der Waals surface area (Å²) in [4.78, 5) is 18.2. The molecule has 1 heterocycles. The molecule has 3 nitrogen and oxygen atoms in total. The highest BCUT2D eigenvalue weighted by molar-refractivity contribution is 5.97. The maximum absolute atomic E-state index is 13.1. The monoisotopic (exact) mass is 290 g/mol. The van der Waals surface area contributed by atoms with Gasteiger partial charge >= 0.3 is 0 Å². The topological polar surface area (TPSA) is 33.2 Å². The number of hydrogen-bond acceptors (Lipinski definition) is 3. The van der Waals surface area contributed by atoms with Gasteiger partial charge in [-0.1, -0.05) is 6.07 Å². The fourth-order valence-electron chi connectivity index (χ4n) is 2.03. The van der Waals surface area contributed by atoms with Crippen LogP contribution in [0, 0.1) is 18.6 Å². The van der Waals surface area contributed by atoms with Gasteiger partial charge < -0.3 is 0 Å². The number of Topliss-reactive ketones (excluding diaryl/α,β-unsaturated/α-hetero) is 1. The molecule has 21 heavy (non-hydrogen) atoms. The van der Waals surface area contributed by atoms with E-state index in [0.29, 0.717) is 6.54 Å². The van der Waals surface area contributed by atoms with Gasteiger partial charge in [0.15, 0.2) is 17.4 Å². The SMILES string of the molecule is Cc1cccc(CN(C)CC(=O)c2ccc(F)c(F)c2)n1. The number of rotatable bonds is 5. The number of likely N-dealkylation sites (N-methyl/N-ethyl adjacent to an activating group) is 1. The Kier molecular flexibility index (Phi) is 4.75. The van der Waals surface area contributed by atoms with Crippen LogP contribution in [-0.4, -0.2) is 29.3 Å². The summed E-state index contributed by atoms with van der Waals surface area (Å²) in [5.74, 6) is -2.23. The summed E-state index contributed by atoms with van der Waals surface area (Å²) in [6, 6.07) is 8.87. The van der Waals surface area contributed by atoms with E-state index in [1.807, 2.05) is 25.1 Å². The maximum Gasteiger partial charge on any atom is 0.176 e. The molecule has 1 aromatic heterocycles. The number of benzene rings is 1. The molecular formula is C16H16F2N2O. The highest BCUT2D eigenvalue weighted by Gasteiger charge is 2.12. The highest BCUT2D eigenvalue weighted by atomic mass is 19.2. The summed E-state index contributed by atoms with van der Waals surface area (Å²) in [6.07, 6.45) is 0. The van der Waals surface area contributed by atoms with Gasteiger partial charge in [0, 0.05) is 17.8 Å². The first-order valence-corrected chi connectivity index (χ1v) is 6.55. The van der Waals surface area contributed by atoms with Crippen molar-refractivity contribution in [2.75, 3.05) is 13.6 Å². The lowest BCUT2D eigenvalue weighted by Crippen LogP contribution is -2.26. The van der Waals surface area contributed by atoms with E-state index in [4.69, 9.17) is 0 Å². The smallest absolute Gasteiger partial charge is 0.176 e. The fourth-order valence-corrected chi connectivity index (χ4v) is 2.03.